The molecule has 1 aliphatic rings. The third kappa shape index (κ3) is 2.96. The van der Waals surface area contributed by atoms with Crippen LogP contribution in [-0.2, 0) is 0 Å². The van der Waals surface area contributed by atoms with E-state index in [9.17, 15) is 5.11 Å². The van der Waals surface area contributed by atoms with Crippen LogP contribution in [0.2, 0.25) is 0 Å². The lowest BCUT2D eigenvalue weighted by atomic mass is 9.77. The number of nitrogens with zero attached hydrogens (tertiary/aromatic N) is 1. The number of hydrogen-bond donors (Lipinski definition) is 1. The van der Waals surface area contributed by atoms with Crippen LogP contribution in [0.25, 0.3) is 0 Å². The van der Waals surface area contributed by atoms with Crippen molar-refractivity contribution in [1.82, 2.24) is 4.90 Å². The van der Waals surface area contributed by atoms with Crippen molar-refractivity contribution in [2.24, 2.45) is 11.8 Å². The van der Waals surface area contributed by atoms with Gasteiger partial charge in [0.1, 0.15) is 0 Å². The molecule has 1 fully saturated rings. The lowest BCUT2D eigenvalue weighted by Gasteiger charge is -2.41. The highest BCUT2D eigenvalue weighted by Crippen LogP contribution is 2.32. The Labute approximate surface area is 88.3 Å². The Morgan fingerprint density at radius 1 is 1.21 bits per heavy atom. The van der Waals surface area contributed by atoms with Gasteiger partial charge in [-0.15, -0.1) is 0 Å². The molecule has 0 aromatic rings. The van der Waals surface area contributed by atoms with Gasteiger partial charge in [-0.1, -0.05) is 20.8 Å². The number of aliphatic hydroxyl groups is 1. The zero-order valence-corrected chi connectivity index (χ0v) is 10.1. The lowest BCUT2D eigenvalue weighted by molar-refractivity contribution is -0.0631. The molecular weight excluding hydrogens is 174 g/mol. The Morgan fingerprint density at radius 2 is 1.71 bits per heavy atom. The Balaban J connectivity index is 2.48. The zero-order valence-electron chi connectivity index (χ0n) is 10.1. The fourth-order valence-electron chi connectivity index (χ4n) is 2.43. The first-order valence-electron chi connectivity index (χ1n) is 5.85. The monoisotopic (exact) mass is 199 g/mol. The normalized spacial score (nSPS) is 25.3. The molecule has 1 aliphatic heterocycles. The number of hydrogen-bond acceptors (Lipinski definition) is 2. The second-order valence-electron chi connectivity index (χ2n) is 5.44. The molecule has 84 valence electrons. The summed E-state index contributed by atoms with van der Waals surface area (Å²) in [5, 5.41) is 10.5. The molecule has 1 rings (SSSR count). The average Bonchev–Trinajstić information content (AvgIpc) is 2.09. The maximum Gasteiger partial charge on any atom is 0.0697 e. The van der Waals surface area contributed by atoms with E-state index in [1.54, 1.807) is 0 Å². The molecule has 0 aliphatic carbocycles. The van der Waals surface area contributed by atoms with Crippen LogP contribution in [0, 0.1) is 11.8 Å². The van der Waals surface area contributed by atoms with Crippen LogP contribution < -0.4 is 0 Å². The first-order chi connectivity index (χ1) is 6.44. The van der Waals surface area contributed by atoms with E-state index in [1.807, 2.05) is 0 Å². The molecule has 1 unspecified atom stereocenters. The molecule has 1 N–H and O–H groups in total. The third-order valence-corrected chi connectivity index (χ3v) is 3.60. The zero-order chi connectivity index (χ0) is 10.8. The van der Waals surface area contributed by atoms with E-state index in [-0.39, 0.29) is 0 Å². The number of piperidine rings is 1. The van der Waals surface area contributed by atoms with Crippen LogP contribution >= 0.6 is 0 Å². The van der Waals surface area contributed by atoms with Crippen molar-refractivity contribution in [2.45, 2.75) is 45.6 Å². The van der Waals surface area contributed by atoms with Crippen LogP contribution in [0.4, 0.5) is 0 Å². The second kappa shape index (κ2) is 4.63. The van der Waals surface area contributed by atoms with Gasteiger partial charge in [0.2, 0.25) is 0 Å². The quantitative estimate of drug-likeness (QED) is 0.752. The first kappa shape index (κ1) is 12.0. The fraction of sp³-hybridized carbons (Fsp3) is 1.00. The molecule has 0 bridgehead atoms. The second-order valence-corrected chi connectivity index (χ2v) is 5.44. The minimum atomic E-state index is -0.392. The minimum Gasteiger partial charge on any atom is -0.390 e. The highest BCUT2D eigenvalue weighted by Gasteiger charge is 2.36. The molecule has 2 nitrogen and oxygen atoms in total. The van der Waals surface area contributed by atoms with E-state index >= 15 is 0 Å². The van der Waals surface area contributed by atoms with Crippen molar-refractivity contribution < 1.29 is 5.11 Å². The molecule has 0 amide bonds. The van der Waals surface area contributed by atoms with Crippen LogP contribution in [0.5, 0.6) is 0 Å². The van der Waals surface area contributed by atoms with E-state index in [0.717, 1.165) is 32.4 Å². The van der Waals surface area contributed by atoms with Crippen molar-refractivity contribution in [3.8, 4) is 0 Å². The molecule has 1 heterocycles. The van der Waals surface area contributed by atoms with Crippen molar-refractivity contribution >= 4 is 0 Å². The van der Waals surface area contributed by atoms with Gasteiger partial charge in [-0.25, -0.2) is 0 Å². The van der Waals surface area contributed by atoms with E-state index < -0.39 is 5.60 Å². The predicted octanol–water partition coefficient (Wildman–Crippen LogP) is 2.13. The van der Waals surface area contributed by atoms with Crippen molar-refractivity contribution in [2.75, 3.05) is 20.1 Å². The van der Waals surface area contributed by atoms with E-state index in [1.165, 1.54) is 0 Å². The summed E-state index contributed by atoms with van der Waals surface area (Å²) in [7, 11) is 2.13. The number of likely N-dealkylation sites (tertiary alicyclic amines) is 1. The van der Waals surface area contributed by atoms with E-state index in [4.69, 9.17) is 0 Å². The van der Waals surface area contributed by atoms with Crippen molar-refractivity contribution in [1.29, 1.82) is 0 Å². The van der Waals surface area contributed by atoms with Gasteiger partial charge >= 0.3 is 0 Å². The van der Waals surface area contributed by atoms with Crippen LogP contribution in [0.15, 0.2) is 0 Å². The van der Waals surface area contributed by atoms with Crippen LogP contribution in [0.3, 0.4) is 0 Å². The van der Waals surface area contributed by atoms with Gasteiger partial charge in [-0.2, -0.15) is 0 Å². The summed E-state index contributed by atoms with van der Waals surface area (Å²) >= 11 is 0. The van der Waals surface area contributed by atoms with Crippen LogP contribution in [-0.4, -0.2) is 35.7 Å². The van der Waals surface area contributed by atoms with Gasteiger partial charge in [-0.3, -0.25) is 0 Å². The van der Waals surface area contributed by atoms with Crippen LogP contribution in [0.1, 0.15) is 40.0 Å². The van der Waals surface area contributed by atoms with Gasteiger partial charge < -0.3 is 10.0 Å². The van der Waals surface area contributed by atoms with Gasteiger partial charge in [0.25, 0.3) is 0 Å². The Hall–Kier alpha value is -0.0800. The summed E-state index contributed by atoms with van der Waals surface area (Å²) in [6, 6.07) is 0. The Morgan fingerprint density at radius 3 is 2.14 bits per heavy atom. The van der Waals surface area contributed by atoms with Gasteiger partial charge in [0, 0.05) is 13.1 Å². The Kier molecular flexibility index (Phi) is 3.96. The summed E-state index contributed by atoms with van der Waals surface area (Å²) in [4.78, 5) is 2.30. The van der Waals surface area contributed by atoms with Crippen molar-refractivity contribution in [3.05, 3.63) is 0 Å². The van der Waals surface area contributed by atoms with E-state index in [2.05, 4.69) is 32.7 Å². The van der Waals surface area contributed by atoms with Crippen molar-refractivity contribution in [3.63, 3.8) is 0 Å². The predicted molar refractivity (Wildman–Crippen MR) is 60.3 cm³/mol. The molecule has 1 saturated heterocycles. The topological polar surface area (TPSA) is 23.5 Å². The molecule has 1 atom stereocenters. The van der Waals surface area contributed by atoms with Gasteiger partial charge in [-0.05, 0) is 38.1 Å². The lowest BCUT2D eigenvalue weighted by Crippen LogP contribution is -2.47. The highest BCUT2D eigenvalue weighted by molar-refractivity contribution is 4.89. The molecule has 2 heteroatoms. The minimum absolute atomic E-state index is 0.392. The number of rotatable bonds is 3. The summed E-state index contributed by atoms with van der Waals surface area (Å²) in [5.74, 6) is 1.13. The Bertz CT molecular complexity index is 171. The first-order valence-corrected chi connectivity index (χ1v) is 5.85. The maximum absolute atomic E-state index is 10.5. The smallest absolute Gasteiger partial charge is 0.0697 e. The molecule has 0 saturated carbocycles. The SMILES string of the molecule is CC(C)CC(C)C1(O)CCN(C)CC1. The van der Waals surface area contributed by atoms with E-state index in [0.29, 0.717) is 11.8 Å². The largest absolute Gasteiger partial charge is 0.390 e. The van der Waals surface area contributed by atoms with Gasteiger partial charge in [0.05, 0.1) is 5.60 Å². The summed E-state index contributed by atoms with van der Waals surface area (Å²) in [5.41, 5.74) is -0.392. The summed E-state index contributed by atoms with van der Waals surface area (Å²) in [6.45, 7) is 8.74. The molecule has 0 spiro atoms. The average molecular weight is 199 g/mol. The standard InChI is InChI=1S/C12H25NO/c1-10(2)9-11(3)12(14)5-7-13(4)8-6-12/h10-11,14H,5-9H2,1-4H3. The fourth-order valence-corrected chi connectivity index (χ4v) is 2.43. The molecule has 0 aromatic heterocycles. The summed E-state index contributed by atoms with van der Waals surface area (Å²) in [6.07, 6.45) is 3.02. The molecule has 0 aromatic carbocycles. The molecular formula is C12H25NO. The molecule has 0 radical (unpaired) electrons. The third-order valence-electron chi connectivity index (χ3n) is 3.60. The van der Waals surface area contributed by atoms with Gasteiger partial charge in [0.15, 0.2) is 0 Å². The summed E-state index contributed by atoms with van der Waals surface area (Å²) < 4.78 is 0. The maximum atomic E-state index is 10.5. The molecule has 14 heavy (non-hydrogen) atoms. The highest BCUT2D eigenvalue weighted by atomic mass is 16.3.